The molecule has 0 saturated carbocycles. The average molecular weight is 349 g/mol. The Morgan fingerprint density at radius 1 is 1.24 bits per heavy atom. The highest BCUT2D eigenvalue weighted by Gasteiger charge is 2.03. The molecule has 21 heavy (non-hydrogen) atoms. The van der Waals surface area contributed by atoms with Crippen molar-refractivity contribution in [3.8, 4) is 0 Å². The SMILES string of the molecule is Cc1ccc(NC(=O)N/C=C/c2cccc(F)c2)c(Br)c1. The average Bonchev–Trinajstić information content (AvgIpc) is 2.42. The van der Waals surface area contributed by atoms with Crippen LogP contribution in [0.5, 0.6) is 0 Å². The maximum absolute atomic E-state index is 13.0. The summed E-state index contributed by atoms with van der Waals surface area (Å²) in [6.07, 6.45) is 3.08. The second-order valence-corrected chi connectivity index (χ2v) is 5.32. The molecule has 0 aliphatic rings. The summed E-state index contributed by atoms with van der Waals surface area (Å²) in [4.78, 5) is 11.7. The van der Waals surface area contributed by atoms with Gasteiger partial charge in [-0.1, -0.05) is 18.2 Å². The topological polar surface area (TPSA) is 41.1 Å². The van der Waals surface area contributed by atoms with Crippen LogP contribution in [0.25, 0.3) is 6.08 Å². The van der Waals surface area contributed by atoms with E-state index in [9.17, 15) is 9.18 Å². The number of aryl methyl sites for hydroxylation is 1. The lowest BCUT2D eigenvalue weighted by molar-refractivity contribution is 0.255. The number of nitrogens with one attached hydrogen (secondary N) is 2. The fraction of sp³-hybridized carbons (Fsp3) is 0.0625. The Bertz CT molecular complexity index is 686. The predicted octanol–water partition coefficient (Wildman–Crippen LogP) is 4.69. The summed E-state index contributed by atoms with van der Waals surface area (Å²) in [7, 11) is 0. The molecule has 2 N–H and O–H groups in total. The van der Waals surface area contributed by atoms with Crippen molar-refractivity contribution in [2.45, 2.75) is 6.92 Å². The number of amides is 2. The first-order chi connectivity index (χ1) is 10.0. The van der Waals surface area contributed by atoms with Crippen molar-refractivity contribution in [2.75, 3.05) is 5.32 Å². The Morgan fingerprint density at radius 3 is 2.76 bits per heavy atom. The van der Waals surface area contributed by atoms with Crippen molar-refractivity contribution in [1.29, 1.82) is 0 Å². The predicted molar refractivity (Wildman–Crippen MR) is 86.5 cm³/mol. The lowest BCUT2D eigenvalue weighted by atomic mass is 10.2. The van der Waals surface area contributed by atoms with Gasteiger partial charge in [-0.25, -0.2) is 9.18 Å². The van der Waals surface area contributed by atoms with Gasteiger partial charge >= 0.3 is 6.03 Å². The zero-order valence-electron chi connectivity index (χ0n) is 11.4. The van der Waals surface area contributed by atoms with E-state index in [1.165, 1.54) is 18.3 Å². The monoisotopic (exact) mass is 348 g/mol. The molecule has 0 saturated heterocycles. The number of carbonyl (C=O) groups excluding carboxylic acids is 1. The molecule has 3 nitrogen and oxygen atoms in total. The number of benzene rings is 2. The highest BCUT2D eigenvalue weighted by atomic mass is 79.9. The van der Waals surface area contributed by atoms with Crippen LogP contribution in [-0.2, 0) is 0 Å². The van der Waals surface area contributed by atoms with E-state index >= 15 is 0 Å². The van der Waals surface area contributed by atoms with Crippen molar-refractivity contribution in [1.82, 2.24) is 5.32 Å². The van der Waals surface area contributed by atoms with E-state index in [0.29, 0.717) is 11.3 Å². The van der Waals surface area contributed by atoms with Gasteiger partial charge in [-0.3, -0.25) is 0 Å². The zero-order chi connectivity index (χ0) is 15.2. The minimum Gasteiger partial charge on any atom is -0.314 e. The van der Waals surface area contributed by atoms with Gasteiger partial charge < -0.3 is 10.6 Å². The minimum absolute atomic E-state index is 0.315. The van der Waals surface area contributed by atoms with E-state index in [-0.39, 0.29) is 11.8 Å². The minimum atomic E-state index is -0.368. The standard InChI is InChI=1S/C16H14BrFN2O/c1-11-5-6-15(14(17)9-11)20-16(21)19-8-7-12-3-2-4-13(18)10-12/h2-10H,1H3,(H2,19,20,21)/b8-7+. The highest BCUT2D eigenvalue weighted by molar-refractivity contribution is 9.10. The van der Waals surface area contributed by atoms with Crippen LogP contribution in [0.3, 0.4) is 0 Å². The summed E-state index contributed by atoms with van der Waals surface area (Å²) < 4.78 is 13.8. The lowest BCUT2D eigenvalue weighted by Crippen LogP contribution is -2.23. The summed E-state index contributed by atoms with van der Waals surface area (Å²) in [6.45, 7) is 1.97. The molecule has 0 aliphatic carbocycles. The Morgan fingerprint density at radius 2 is 2.05 bits per heavy atom. The molecule has 2 rings (SSSR count). The molecule has 0 spiro atoms. The first kappa shape index (κ1) is 15.3. The van der Waals surface area contributed by atoms with Gasteiger partial charge in [0, 0.05) is 10.7 Å². The normalized spacial score (nSPS) is 10.6. The fourth-order valence-electron chi connectivity index (χ4n) is 1.70. The van der Waals surface area contributed by atoms with Crippen LogP contribution in [0.15, 0.2) is 53.1 Å². The van der Waals surface area contributed by atoms with Gasteiger partial charge in [0.2, 0.25) is 0 Å². The third-order valence-corrected chi connectivity index (χ3v) is 3.37. The smallest absolute Gasteiger partial charge is 0.314 e. The molecule has 108 valence electrons. The van der Waals surface area contributed by atoms with E-state index in [1.54, 1.807) is 18.2 Å². The molecule has 0 aromatic heterocycles. The largest absolute Gasteiger partial charge is 0.323 e. The van der Waals surface area contributed by atoms with E-state index in [1.807, 2.05) is 25.1 Å². The van der Waals surface area contributed by atoms with Gasteiger partial charge in [0.25, 0.3) is 0 Å². The Balaban J connectivity index is 1.93. The lowest BCUT2D eigenvalue weighted by Gasteiger charge is -2.07. The zero-order valence-corrected chi connectivity index (χ0v) is 12.9. The van der Waals surface area contributed by atoms with Gasteiger partial charge in [0.15, 0.2) is 0 Å². The molecule has 0 fully saturated rings. The summed E-state index contributed by atoms with van der Waals surface area (Å²) >= 11 is 3.39. The van der Waals surface area contributed by atoms with Crippen molar-refractivity contribution in [3.05, 3.63) is 70.1 Å². The number of anilines is 1. The summed E-state index contributed by atoms with van der Waals surface area (Å²) in [5.41, 5.74) is 2.45. The molecule has 0 unspecified atom stereocenters. The summed E-state index contributed by atoms with van der Waals surface area (Å²) in [5.74, 6) is -0.315. The van der Waals surface area contributed by atoms with Crippen molar-refractivity contribution in [3.63, 3.8) is 0 Å². The second kappa shape index (κ2) is 7.04. The van der Waals surface area contributed by atoms with E-state index in [2.05, 4.69) is 26.6 Å². The number of rotatable bonds is 3. The highest BCUT2D eigenvalue weighted by Crippen LogP contribution is 2.23. The second-order valence-electron chi connectivity index (χ2n) is 4.47. The van der Waals surface area contributed by atoms with Crippen LogP contribution >= 0.6 is 15.9 Å². The van der Waals surface area contributed by atoms with Crippen LogP contribution < -0.4 is 10.6 Å². The molecule has 2 aromatic carbocycles. The molecule has 5 heteroatoms. The maximum atomic E-state index is 13.0. The van der Waals surface area contributed by atoms with Crippen LogP contribution in [-0.4, -0.2) is 6.03 Å². The van der Waals surface area contributed by atoms with Gasteiger partial charge in [-0.2, -0.15) is 0 Å². The van der Waals surface area contributed by atoms with E-state index < -0.39 is 0 Å². The summed E-state index contributed by atoms with van der Waals surface area (Å²) in [5, 5.41) is 5.28. The summed E-state index contributed by atoms with van der Waals surface area (Å²) in [6, 6.07) is 11.4. The first-order valence-electron chi connectivity index (χ1n) is 6.30. The molecular weight excluding hydrogens is 335 g/mol. The molecular formula is C16H14BrFN2O. The Hall–Kier alpha value is -2.14. The van der Waals surface area contributed by atoms with Gasteiger partial charge in [-0.05, 0) is 64.3 Å². The molecule has 0 atom stereocenters. The van der Waals surface area contributed by atoms with Crippen LogP contribution in [0.4, 0.5) is 14.9 Å². The number of urea groups is 1. The van der Waals surface area contributed by atoms with E-state index in [0.717, 1.165) is 10.0 Å². The maximum Gasteiger partial charge on any atom is 0.323 e. The van der Waals surface area contributed by atoms with Crippen molar-refractivity contribution >= 4 is 33.7 Å². The number of halogens is 2. The van der Waals surface area contributed by atoms with Crippen LogP contribution in [0.2, 0.25) is 0 Å². The number of carbonyl (C=O) groups is 1. The van der Waals surface area contributed by atoms with Crippen LogP contribution in [0.1, 0.15) is 11.1 Å². The molecule has 0 heterocycles. The van der Waals surface area contributed by atoms with Gasteiger partial charge in [0.1, 0.15) is 5.82 Å². The Labute approximate surface area is 131 Å². The number of hydrogen-bond donors (Lipinski definition) is 2. The molecule has 0 bridgehead atoms. The van der Waals surface area contributed by atoms with Crippen LogP contribution in [0, 0.1) is 12.7 Å². The third-order valence-electron chi connectivity index (χ3n) is 2.71. The molecule has 0 aliphatic heterocycles. The third kappa shape index (κ3) is 4.72. The van der Waals surface area contributed by atoms with Crippen molar-refractivity contribution in [2.24, 2.45) is 0 Å². The van der Waals surface area contributed by atoms with Gasteiger partial charge in [-0.15, -0.1) is 0 Å². The van der Waals surface area contributed by atoms with Crippen molar-refractivity contribution < 1.29 is 9.18 Å². The molecule has 2 amide bonds. The van der Waals surface area contributed by atoms with Gasteiger partial charge in [0.05, 0.1) is 5.69 Å². The number of hydrogen-bond acceptors (Lipinski definition) is 1. The fourth-order valence-corrected chi connectivity index (χ4v) is 2.30. The Kier molecular flexibility index (Phi) is 5.11. The quantitative estimate of drug-likeness (QED) is 0.829. The molecule has 0 radical (unpaired) electrons. The van der Waals surface area contributed by atoms with E-state index in [4.69, 9.17) is 0 Å². The molecule has 2 aromatic rings. The first-order valence-corrected chi connectivity index (χ1v) is 7.10.